The number of methoxy groups -OCH3 is 1. The smallest absolute Gasteiger partial charge is 0.257 e. The Morgan fingerprint density at radius 3 is 2.64 bits per heavy atom. The van der Waals surface area contributed by atoms with Crippen molar-refractivity contribution >= 4 is 21.7 Å². The van der Waals surface area contributed by atoms with E-state index in [9.17, 15) is 13.2 Å². The van der Waals surface area contributed by atoms with Crippen LogP contribution in [0.2, 0.25) is 0 Å². The molecule has 0 aliphatic heterocycles. The third kappa shape index (κ3) is 5.99. The summed E-state index contributed by atoms with van der Waals surface area (Å²) in [5.74, 6) is 0.765. The number of para-hydroxylation sites is 2. The van der Waals surface area contributed by atoms with Crippen LogP contribution in [0.5, 0.6) is 11.5 Å². The molecule has 0 saturated carbocycles. The minimum Gasteiger partial charge on any atom is -0.493 e. The molecular formula is C15H19N3O6S. The van der Waals surface area contributed by atoms with E-state index < -0.39 is 15.9 Å². The SMILES string of the molecule is COc1ccccc1OCC(=O)NCCS(=O)(=O)Nc1cc(C)on1. The molecule has 10 heteroatoms. The first kappa shape index (κ1) is 18.6. The largest absolute Gasteiger partial charge is 0.493 e. The summed E-state index contributed by atoms with van der Waals surface area (Å²) in [6, 6.07) is 8.36. The average molecular weight is 369 g/mol. The number of anilines is 1. The molecule has 2 N–H and O–H groups in total. The van der Waals surface area contributed by atoms with Crippen LogP contribution in [0, 0.1) is 6.92 Å². The lowest BCUT2D eigenvalue weighted by molar-refractivity contribution is -0.122. The van der Waals surface area contributed by atoms with Crippen LogP contribution in [0.4, 0.5) is 5.82 Å². The maximum atomic E-state index is 11.9. The first-order chi connectivity index (χ1) is 11.9. The van der Waals surface area contributed by atoms with Gasteiger partial charge in [0.25, 0.3) is 5.91 Å². The molecule has 2 aromatic rings. The van der Waals surface area contributed by atoms with E-state index >= 15 is 0 Å². The lowest BCUT2D eigenvalue weighted by Crippen LogP contribution is -2.34. The number of amides is 1. The fourth-order valence-corrected chi connectivity index (χ4v) is 2.77. The van der Waals surface area contributed by atoms with Gasteiger partial charge in [0.05, 0.1) is 12.9 Å². The molecular weight excluding hydrogens is 350 g/mol. The molecule has 0 radical (unpaired) electrons. The first-order valence-corrected chi connectivity index (χ1v) is 9.01. The summed E-state index contributed by atoms with van der Waals surface area (Å²) in [4.78, 5) is 11.7. The number of ether oxygens (including phenoxy) is 2. The fourth-order valence-electron chi connectivity index (χ4n) is 1.88. The Balaban J connectivity index is 1.74. The summed E-state index contributed by atoms with van der Waals surface area (Å²) in [7, 11) is -2.15. The highest BCUT2D eigenvalue weighted by Crippen LogP contribution is 2.25. The van der Waals surface area contributed by atoms with Gasteiger partial charge in [-0.2, -0.15) is 0 Å². The highest BCUT2D eigenvalue weighted by atomic mass is 32.2. The van der Waals surface area contributed by atoms with Gasteiger partial charge in [-0.3, -0.25) is 9.52 Å². The van der Waals surface area contributed by atoms with Gasteiger partial charge in [-0.05, 0) is 19.1 Å². The number of carbonyl (C=O) groups excluding carboxylic acids is 1. The van der Waals surface area contributed by atoms with Crippen molar-refractivity contribution in [3.8, 4) is 11.5 Å². The van der Waals surface area contributed by atoms with Crippen LogP contribution in [0.3, 0.4) is 0 Å². The van der Waals surface area contributed by atoms with Crippen LogP contribution in [-0.2, 0) is 14.8 Å². The maximum Gasteiger partial charge on any atom is 0.257 e. The Morgan fingerprint density at radius 1 is 1.28 bits per heavy atom. The lowest BCUT2D eigenvalue weighted by Gasteiger charge is -2.10. The van der Waals surface area contributed by atoms with Crippen LogP contribution < -0.4 is 19.5 Å². The summed E-state index contributed by atoms with van der Waals surface area (Å²) < 4.78 is 41.2. The molecule has 2 rings (SSSR count). The molecule has 136 valence electrons. The summed E-state index contributed by atoms with van der Waals surface area (Å²) in [6.07, 6.45) is 0. The molecule has 0 aliphatic carbocycles. The Morgan fingerprint density at radius 2 is 2.00 bits per heavy atom. The van der Waals surface area contributed by atoms with E-state index in [1.807, 2.05) is 0 Å². The van der Waals surface area contributed by atoms with E-state index in [1.165, 1.54) is 13.2 Å². The van der Waals surface area contributed by atoms with E-state index in [0.717, 1.165) is 0 Å². The van der Waals surface area contributed by atoms with Crippen LogP contribution >= 0.6 is 0 Å². The van der Waals surface area contributed by atoms with Crippen molar-refractivity contribution in [1.29, 1.82) is 0 Å². The predicted octanol–water partition coefficient (Wildman–Crippen LogP) is 0.929. The monoisotopic (exact) mass is 369 g/mol. The maximum absolute atomic E-state index is 11.9. The molecule has 1 aromatic carbocycles. The van der Waals surface area contributed by atoms with E-state index in [2.05, 4.69) is 15.2 Å². The van der Waals surface area contributed by atoms with Gasteiger partial charge in [-0.25, -0.2) is 8.42 Å². The Labute approximate surface area is 145 Å². The molecule has 1 amide bonds. The Bertz CT molecular complexity index is 818. The second kappa shape index (κ2) is 8.38. The molecule has 1 heterocycles. The molecule has 0 saturated heterocycles. The highest BCUT2D eigenvalue weighted by molar-refractivity contribution is 7.92. The zero-order valence-electron chi connectivity index (χ0n) is 13.8. The number of rotatable bonds is 9. The second-order valence-corrected chi connectivity index (χ2v) is 6.88. The molecule has 0 unspecified atom stereocenters. The summed E-state index contributed by atoms with van der Waals surface area (Å²) in [5.41, 5.74) is 0. The number of benzene rings is 1. The third-order valence-corrected chi connectivity index (χ3v) is 4.27. The summed E-state index contributed by atoms with van der Waals surface area (Å²) in [6.45, 7) is 1.32. The molecule has 0 atom stereocenters. The van der Waals surface area contributed by atoms with Gasteiger partial charge in [0.1, 0.15) is 5.76 Å². The van der Waals surface area contributed by atoms with Crippen LogP contribution in [0.25, 0.3) is 0 Å². The molecule has 0 spiro atoms. The quantitative estimate of drug-likeness (QED) is 0.674. The molecule has 1 aromatic heterocycles. The zero-order chi connectivity index (χ0) is 18.3. The average Bonchev–Trinajstić information content (AvgIpc) is 2.97. The van der Waals surface area contributed by atoms with Crippen LogP contribution in [0.15, 0.2) is 34.9 Å². The number of nitrogens with one attached hydrogen (secondary N) is 2. The molecule has 0 aliphatic rings. The van der Waals surface area contributed by atoms with Gasteiger partial charge in [-0.15, -0.1) is 0 Å². The van der Waals surface area contributed by atoms with E-state index in [1.54, 1.807) is 31.2 Å². The lowest BCUT2D eigenvalue weighted by atomic mass is 10.3. The van der Waals surface area contributed by atoms with E-state index in [0.29, 0.717) is 17.3 Å². The third-order valence-electron chi connectivity index (χ3n) is 3.01. The highest BCUT2D eigenvalue weighted by Gasteiger charge is 2.14. The minimum absolute atomic E-state index is 0.0692. The van der Waals surface area contributed by atoms with Gasteiger partial charge in [0.2, 0.25) is 10.0 Å². The van der Waals surface area contributed by atoms with Gasteiger partial charge in [0, 0.05) is 12.6 Å². The predicted molar refractivity (Wildman–Crippen MR) is 90.1 cm³/mol. The molecule has 9 nitrogen and oxygen atoms in total. The number of hydrogen-bond acceptors (Lipinski definition) is 7. The van der Waals surface area contributed by atoms with Crippen molar-refractivity contribution < 1.29 is 27.2 Å². The van der Waals surface area contributed by atoms with E-state index in [-0.39, 0.29) is 24.7 Å². The summed E-state index contributed by atoms with van der Waals surface area (Å²) in [5, 5.41) is 6.01. The number of hydrogen-bond donors (Lipinski definition) is 2. The fraction of sp³-hybridized carbons (Fsp3) is 0.333. The number of carbonyl (C=O) groups is 1. The van der Waals surface area contributed by atoms with Crippen LogP contribution in [0.1, 0.15) is 5.76 Å². The second-order valence-electron chi connectivity index (χ2n) is 5.03. The molecule has 0 fully saturated rings. The first-order valence-electron chi connectivity index (χ1n) is 7.36. The number of aromatic nitrogens is 1. The van der Waals surface area contributed by atoms with Crippen molar-refractivity contribution in [2.24, 2.45) is 0 Å². The van der Waals surface area contributed by atoms with Crippen molar-refractivity contribution in [2.75, 3.05) is 30.7 Å². The Hall–Kier alpha value is -2.75. The number of aryl methyl sites for hydroxylation is 1. The van der Waals surface area contributed by atoms with Crippen molar-refractivity contribution in [1.82, 2.24) is 10.5 Å². The zero-order valence-corrected chi connectivity index (χ0v) is 14.6. The normalized spacial score (nSPS) is 11.0. The van der Waals surface area contributed by atoms with Gasteiger partial charge in [0.15, 0.2) is 23.9 Å². The van der Waals surface area contributed by atoms with Gasteiger partial charge >= 0.3 is 0 Å². The topological polar surface area (TPSA) is 120 Å². The number of nitrogens with zero attached hydrogens (tertiary/aromatic N) is 1. The van der Waals surface area contributed by atoms with Gasteiger partial charge in [-0.1, -0.05) is 17.3 Å². The molecule has 25 heavy (non-hydrogen) atoms. The van der Waals surface area contributed by atoms with Crippen molar-refractivity contribution in [3.05, 3.63) is 36.1 Å². The van der Waals surface area contributed by atoms with Crippen molar-refractivity contribution in [2.45, 2.75) is 6.92 Å². The van der Waals surface area contributed by atoms with Crippen LogP contribution in [-0.4, -0.2) is 45.5 Å². The standard InChI is InChI=1S/C15H19N3O6S/c1-11-9-14(17-24-11)18-25(20,21)8-7-16-15(19)10-23-13-6-4-3-5-12(13)22-2/h3-6,9H,7-8,10H2,1-2H3,(H,16,19)(H,17,18). The van der Waals surface area contributed by atoms with E-state index in [4.69, 9.17) is 14.0 Å². The van der Waals surface area contributed by atoms with Gasteiger partial charge < -0.3 is 19.3 Å². The molecule has 0 bridgehead atoms. The number of sulfonamides is 1. The minimum atomic E-state index is -3.64. The van der Waals surface area contributed by atoms with Crippen molar-refractivity contribution in [3.63, 3.8) is 0 Å². The Kier molecular flexibility index (Phi) is 6.23. The summed E-state index contributed by atoms with van der Waals surface area (Å²) >= 11 is 0.